The van der Waals surface area contributed by atoms with E-state index in [0.29, 0.717) is 49.3 Å². The van der Waals surface area contributed by atoms with Crippen molar-refractivity contribution in [2.75, 3.05) is 22.8 Å². The molecule has 1 aromatic heterocycles. The predicted octanol–water partition coefficient (Wildman–Crippen LogP) is 5.58. The lowest BCUT2D eigenvalue weighted by atomic mass is 9.93. The molecule has 3 aromatic rings. The van der Waals surface area contributed by atoms with E-state index in [1.807, 2.05) is 19.9 Å². The van der Waals surface area contributed by atoms with E-state index in [-0.39, 0.29) is 17.8 Å². The number of sulfonamides is 1. The summed E-state index contributed by atoms with van der Waals surface area (Å²) in [5.41, 5.74) is 7.28. The fourth-order valence-electron chi connectivity index (χ4n) is 5.64. The zero-order valence-corrected chi connectivity index (χ0v) is 27.1. The summed E-state index contributed by atoms with van der Waals surface area (Å²) in [7, 11) is -3.40. The van der Waals surface area contributed by atoms with Crippen molar-refractivity contribution in [3.05, 3.63) is 76.5 Å². The number of aromatic nitrogens is 1. The molecule has 1 saturated heterocycles. The second-order valence-electron chi connectivity index (χ2n) is 11.7. The summed E-state index contributed by atoms with van der Waals surface area (Å²) in [6, 6.07) is 7.94. The Morgan fingerprint density at radius 2 is 1.83 bits per heavy atom. The van der Waals surface area contributed by atoms with Crippen LogP contribution in [-0.4, -0.2) is 55.1 Å². The first-order valence-electron chi connectivity index (χ1n) is 15.0. The van der Waals surface area contributed by atoms with Gasteiger partial charge in [0.25, 0.3) is 5.91 Å². The number of carbonyl (C=O) groups excluding carboxylic acids is 2. The Morgan fingerprint density at radius 1 is 1.11 bits per heavy atom. The van der Waals surface area contributed by atoms with Crippen molar-refractivity contribution in [1.82, 2.24) is 15.2 Å². The number of piperidine rings is 1. The summed E-state index contributed by atoms with van der Waals surface area (Å²) in [6.07, 6.45) is 7.18. The Bertz CT molecular complexity index is 1660. The van der Waals surface area contributed by atoms with Gasteiger partial charge >= 0.3 is 6.03 Å². The monoisotopic (exact) mass is 658 g/mol. The number of rotatable bonds is 12. The average Bonchev–Trinajstić information content (AvgIpc) is 2.96. The van der Waals surface area contributed by atoms with E-state index in [1.165, 1.54) is 0 Å². The lowest BCUT2D eigenvalue weighted by Crippen LogP contribution is -2.50. The Labute approximate surface area is 268 Å². The SMILES string of the molecule is CCCCC1CC(NC(=O)Nc2cc(C(N)=O)c(F)cc2F)CCN1Cc1ccc(Oc2c(C)cc(NS(C)(=O)=O)cc2C)nc1. The minimum absolute atomic E-state index is 0.170. The highest BCUT2D eigenvalue weighted by atomic mass is 32.2. The van der Waals surface area contributed by atoms with Crippen LogP contribution >= 0.6 is 0 Å². The first-order chi connectivity index (χ1) is 21.7. The van der Waals surface area contributed by atoms with Crippen LogP contribution < -0.4 is 25.8 Å². The number of halogens is 2. The van der Waals surface area contributed by atoms with Gasteiger partial charge in [0.05, 0.1) is 17.5 Å². The highest BCUT2D eigenvalue weighted by Crippen LogP contribution is 2.31. The molecule has 1 fully saturated rings. The molecule has 0 saturated carbocycles. The van der Waals surface area contributed by atoms with E-state index < -0.39 is 39.2 Å². The largest absolute Gasteiger partial charge is 0.438 e. The smallest absolute Gasteiger partial charge is 0.319 e. The molecular formula is C32H40F2N6O5S. The molecule has 4 rings (SSSR count). The number of ether oxygens (including phenoxy) is 1. The maximum Gasteiger partial charge on any atom is 0.319 e. The molecule has 3 amide bonds. The summed E-state index contributed by atoms with van der Waals surface area (Å²) < 4.78 is 59.8. The van der Waals surface area contributed by atoms with E-state index in [4.69, 9.17) is 10.5 Å². The third-order valence-corrected chi connectivity index (χ3v) is 8.39. The number of anilines is 2. The van der Waals surface area contributed by atoms with Gasteiger partial charge in [-0.25, -0.2) is 27.0 Å². The summed E-state index contributed by atoms with van der Waals surface area (Å²) in [5.74, 6) is -2.15. The third-order valence-electron chi connectivity index (χ3n) is 7.79. The number of pyridine rings is 1. The number of nitrogens with one attached hydrogen (secondary N) is 3. The highest BCUT2D eigenvalue weighted by molar-refractivity contribution is 7.92. The summed E-state index contributed by atoms with van der Waals surface area (Å²) in [4.78, 5) is 31.0. The minimum atomic E-state index is -3.40. The molecular weight excluding hydrogens is 618 g/mol. The molecule has 2 atom stereocenters. The number of nitrogens with two attached hydrogens (primary N) is 1. The first kappa shape index (κ1) is 34.6. The van der Waals surface area contributed by atoms with E-state index in [9.17, 15) is 26.8 Å². The Hall–Kier alpha value is -4.30. The Balaban J connectivity index is 1.37. The molecule has 2 aromatic carbocycles. The van der Waals surface area contributed by atoms with Crippen LogP contribution in [0.2, 0.25) is 0 Å². The molecule has 0 aliphatic carbocycles. The minimum Gasteiger partial charge on any atom is -0.438 e. The van der Waals surface area contributed by atoms with E-state index in [0.717, 1.165) is 48.3 Å². The van der Waals surface area contributed by atoms with Crippen molar-refractivity contribution in [1.29, 1.82) is 0 Å². The molecule has 0 spiro atoms. The van der Waals surface area contributed by atoms with Gasteiger partial charge in [0.1, 0.15) is 17.4 Å². The van der Waals surface area contributed by atoms with Crippen molar-refractivity contribution >= 4 is 33.3 Å². The van der Waals surface area contributed by atoms with Gasteiger partial charge in [-0.1, -0.05) is 25.8 Å². The van der Waals surface area contributed by atoms with E-state index >= 15 is 0 Å². The van der Waals surface area contributed by atoms with Gasteiger partial charge in [0.2, 0.25) is 15.9 Å². The lowest BCUT2D eigenvalue weighted by Gasteiger charge is -2.40. The zero-order valence-electron chi connectivity index (χ0n) is 26.3. The van der Waals surface area contributed by atoms with Gasteiger partial charge in [-0.2, -0.15) is 0 Å². The van der Waals surface area contributed by atoms with Crippen LogP contribution in [0.1, 0.15) is 66.1 Å². The number of unbranched alkanes of at least 4 members (excludes halogenated alkanes) is 1. The average molecular weight is 659 g/mol. The van der Waals surface area contributed by atoms with Crippen molar-refractivity contribution < 1.29 is 31.5 Å². The number of urea groups is 1. The van der Waals surface area contributed by atoms with Crippen LogP contribution in [0, 0.1) is 25.5 Å². The van der Waals surface area contributed by atoms with Crippen LogP contribution in [0.3, 0.4) is 0 Å². The summed E-state index contributed by atoms with van der Waals surface area (Å²) in [5, 5.41) is 5.26. The van der Waals surface area contributed by atoms with Crippen LogP contribution in [0.5, 0.6) is 11.6 Å². The van der Waals surface area contributed by atoms with Crippen molar-refractivity contribution in [3.63, 3.8) is 0 Å². The van der Waals surface area contributed by atoms with Crippen LogP contribution in [0.4, 0.5) is 25.0 Å². The topological polar surface area (TPSA) is 156 Å². The molecule has 2 heterocycles. The Morgan fingerprint density at radius 3 is 2.43 bits per heavy atom. The van der Waals surface area contributed by atoms with Crippen molar-refractivity contribution in [3.8, 4) is 11.6 Å². The quantitative estimate of drug-likeness (QED) is 0.198. The van der Waals surface area contributed by atoms with Crippen LogP contribution in [0.15, 0.2) is 42.6 Å². The number of hydrogen-bond acceptors (Lipinski definition) is 7. The highest BCUT2D eigenvalue weighted by Gasteiger charge is 2.29. The summed E-state index contributed by atoms with van der Waals surface area (Å²) >= 11 is 0. The number of aryl methyl sites for hydroxylation is 2. The van der Waals surface area contributed by atoms with Crippen LogP contribution in [0.25, 0.3) is 0 Å². The lowest BCUT2D eigenvalue weighted by molar-refractivity contribution is 0.0996. The van der Waals surface area contributed by atoms with Crippen LogP contribution in [-0.2, 0) is 16.6 Å². The number of likely N-dealkylation sites (tertiary alicyclic amines) is 1. The normalized spacial score (nSPS) is 16.9. The van der Waals surface area contributed by atoms with E-state index in [2.05, 4.69) is 32.2 Å². The molecule has 5 N–H and O–H groups in total. The van der Waals surface area contributed by atoms with Gasteiger partial charge < -0.3 is 21.1 Å². The van der Waals surface area contributed by atoms with Crippen molar-refractivity contribution in [2.45, 2.75) is 71.5 Å². The standard InChI is InChI=1S/C32H40F2N6O5S/c1-5-6-7-24-14-22(37-32(42)38-28-15-25(31(35)41)26(33)16-27(28)34)10-11-40(24)18-21-8-9-29(36-17-21)45-30-19(2)12-23(13-20(30)3)39-46(4,43)44/h8-9,12-13,15-17,22,24,39H,5-7,10-11,14,18H2,1-4H3,(H2,35,41)(H2,37,38,42). The van der Waals surface area contributed by atoms with Gasteiger partial charge in [-0.05, 0) is 68.0 Å². The number of amides is 3. The fraction of sp³-hybridized carbons (Fsp3) is 0.406. The van der Waals surface area contributed by atoms with Gasteiger partial charge in [0, 0.05) is 49.2 Å². The van der Waals surface area contributed by atoms with Gasteiger partial charge in [0.15, 0.2) is 0 Å². The zero-order chi connectivity index (χ0) is 33.6. The van der Waals surface area contributed by atoms with Crippen molar-refractivity contribution in [2.24, 2.45) is 5.73 Å². The van der Waals surface area contributed by atoms with E-state index in [1.54, 1.807) is 24.4 Å². The first-order valence-corrected chi connectivity index (χ1v) is 16.9. The fourth-order valence-corrected chi connectivity index (χ4v) is 6.19. The Kier molecular flexibility index (Phi) is 11.2. The molecule has 248 valence electrons. The third kappa shape index (κ3) is 9.36. The maximum atomic E-state index is 14.3. The number of carbonyl (C=O) groups is 2. The molecule has 2 unspecified atom stereocenters. The molecule has 46 heavy (non-hydrogen) atoms. The number of primary amides is 1. The molecule has 1 aliphatic rings. The molecule has 0 radical (unpaired) electrons. The number of hydrogen-bond donors (Lipinski definition) is 4. The molecule has 1 aliphatic heterocycles. The molecule has 0 bridgehead atoms. The second-order valence-corrected chi connectivity index (χ2v) is 13.4. The molecule has 14 heteroatoms. The molecule has 11 nitrogen and oxygen atoms in total. The maximum absolute atomic E-state index is 14.3. The number of benzene rings is 2. The predicted molar refractivity (Wildman–Crippen MR) is 172 cm³/mol. The second kappa shape index (κ2) is 14.9. The van der Waals surface area contributed by atoms with Gasteiger partial charge in [-0.3, -0.25) is 14.4 Å². The van der Waals surface area contributed by atoms with Gasteiger partial charge in [-0.15, -0.1) is 0 Å². The summed E-state index contributed by atoms with van der Waals surface area (Å²) in [6.45, 7) is 7.16. The number of nitrogens with zero attached hydrogens (tertiary/aromatic N) is 2.